The molecule has 0 radical (unpaired) electrons. The summed E-state index contributed by atoms with van der Waals surface area (Å²) in [5.74, 6) is 0. The largest absolute Gasteiger partial charge is 0.396 e. The molecule has 1 atom stereocenters. The number of urea groups is 1. The van der Waals surface area contributed by atoms with Gasteiger partial charge in [0.2, 0.25) is 0 Å². The van der Waals surface area contributed by atoms with Gasteiger partial charge in [-0.3, -0.25) is 0 Å². The second kappa shape index (κ2) is 8.11. The van der Waals surface area contributed by atoms with Gasteiger partial charge in [0.05, 0.1) is 12.6 Å². The fourth-order valence-electron chi connectivity index (χ4n) is 3.51. The lowest BCUT2D eigenvalue weighted by atomic mass is 9.69. The second-order valence-corrected chi connectivity index (χ2v) is 7.65. The van der Waals surface area contributed by atoms with E-state index in [1.165, 1.54) is 0 Å². The summed E-state index contributed by atoms with van der Waals surface area (Å²) in [6.45, 7) is 0.696. The third-order valence-corrected chi connectivity index (χ3v) is 5.52. The minimum atomic E-state index is -0.255. The number of rotatable bonds is 6. The summed E-state index contributed by atoms with van der Waals surface area (Å²) in [5, 5.41) is 13.5. The molecule has 0 spiro atoms. The molecule has 1 saturated carbocycles. The highest BCUT2D eigenvalue weighted by Crippen LogP contribution is 2.40. The lowest BCUT2D eigenvalue weighted by Gasteiger charge is -2.43. The number of nitrogens with zero attached hydrogens (tertiary/aromatic N) is 1. The fourth-order valence-corrected chi connectivity index (χ4v) is 3.64. The van der Waals surface area contributed by atoms with E-state index in [1.807, 2.05) is 54.6 Å². The first-order valence-electron chi connectivity index (χ1n) is 8.96. The summed E-state index contributed by atoms with van der Waals surface area (Å²) in [7, 11) is 1.79. The molecule has 2 amide bonds. The monoisotopic (exact) mass is 372 g/mol. The van der Waals surface area contributed by atoms with E-state index in [-0.39, 0.29) is 24.1 Å². The molecule has 2 aromatic rings. The Balaban J connectivity index is 1.77. The van der Waals surface area contributed by atoms with Crippen molar-refractivity contribution in [1.82, 2.24) is 10.2 Å². The van der Waals surface area contributed by atoms with E-state index in [4.69, 9.17) is 11.6 Å². The van der Waals surface area contributed by atoms with Crippen LogP contribution in [-0.4, -0.2) is 36.2 Å². The number of amides is 2. The number of carbonyl (C=O) groups excluding carboxylic acids is 1. The third-order valence-electron chi connectivity index (χ3n) is 5.27. The Morgan fingerprint density at radius 3 is 2.31 bits per heavy atom. The van der Waals surface area contributed by atoms with Crippen molar-refractivity contribution in [3.05, 3.63) is 70.7 Å². The Labute approximate surface area is 159 Å². The molecule has 0 bridgehead atoms. The van der Waals surface area contributed by atoms with Crippen LogP contribution in [0.4, 0.5) is 4.79 Å². The Kier molecular flexibility index (Phi) is 5.84. The molecule has 1 aliphatic rings. The zero-order valence-electron chi connectivity index (χ0n) is 15.0. The molecule has 138 valence electrons. The summed E-state index contributed by atoms with van der Waals surface area (Å²) < 4.78 is 0. The minimum absolute atomic E-state index is 0.129. The Bertz CT molecular complexity index is 724. The van der Waals surface area contributed by atoms with Crippen LogP contribution in [0.5, 0.6) is 0 Å². The van der Waals surface area contributed by atoms with E-state index in [2.05, 4.69) is 5.32 Å². The van der Waals surface area contributed by atoms with Crippen LogP contribution in [-0.2, 0) is 0 Å². The number of hydrogen-bond donors (Lipinski definition) is 2. The summed E-state index contributed by atoms with van der Waals surface area (Å²) in [6, 6.07) is 17.0. The van der Waals surface area contributed by atoms with Gasteiger partial charge >= 0.3 is 6.03 Å². The van der Waals surface area contributed by atoms with Gasteiger partial charge in [0.1, 0.15) is 0 Å². The molecule has 0 heterocycles. The van der Waals surface area contributed by atoms with Gasteiger partial charge in [0.25, 0.3) is 0 Å². The zero-order valence-corrected chi connectivity index (χ0v) is 15.7. The fraction of sp³-hybridized carbons (Fsp3) is 0.381. The van der Waals surface area contributed by atoms with Gasteiger partial charge in [0, 0.05) is 24.0 Å². The van der Waals surface area contributed by atoms with E-state index in [9.17, 15) is 9.90 Å². The van der Waals surface area contributed by atoms with Gasteiger partial charge in [-0.25, -0.2) is 4.79 Å². The molecule has 2 N–H and O–H groups in total. The van der Waals surface area contributed by atoms with Crippen LogP contribution in [0, 0.1) is 5.41 Å². The van der Waals surface area contributed by atoms with Crippen LogP contribution >= 0.6 is 11.6 Å². The SMILES string of the molecule is CN(CC1(CO)CCC1)C(=O)N[C@@H](c1ccccc1)c1ccc(Cl)cc1. The zero-order chi connectivity index (χ0) is 18.6. The molecule has 26 heavy (non-hydrogen) atoms. The van der Waals surface area contributed by atoms with Gasteiger partial charge in [-0.15, -0.1) is 0 Å². The molecule has 0 saturated heterocycles. The molecule has 3 rings (SSSR count). The van der Waals surface area contributed by atoms with Crippen molar-refractivity contribution in [2.75, 3.05) is 20.2 Å². The number of benzene rings is 2. The Morgan fingerprint density at radius 1 is 1.15 bits per heavy atom. The average molecular weight is 373 g/mol. The molecule has 1 aliphatic carbocycles. The molecule has 0 aliphatic heterocycles. The molecular weight excluding hydrogens is 348 g/mol. The highest BCUT2D eigenvalue weighted by atomic mass is 35.5. The summed E-state index contributed by atoms with van der Waals surface area (Å²) in [6.07, 6.45) is 3.06. The highest BCUT2D eigenvalue weighted by molar-refractivity contribution is 6.30. The third kappa shape index (κ3) is 4.19. The van der Waals surface area contributed by atoms with E-state index >= 15 is 0 Å². The Hall–Kier alpha value is -2.04. The van der Waals surface area contributed by atoms with E-state index < -0.39 is 0 Å². The number of aliphatic hydroxyl groups excluding tert-OH is 1. The summed E-state index contributed by atoms with van der Waals surface area (Å²) in [4.78, 5) is 14.5. The van der Waals surface area contributed by atoms with Crippen molar-refractivity contribution >= 4 is 17.6 Å². The van der Waals surface area contributed by atoms with Gasteiger partial charge in [-0.05, 0) is 36.1 Å². The molecule has 0 aromatic heterocycles. The number of aliphatic hydroxyl groups is 1. The smallest absolute Gasteiger partial charge is 0.317 e. The predicted octanol–water partition coefficient (Wildman–Crippen LogP) is 4.23. The van der Waals surface area contributed by atoms with Crippen LogP contribution in [0.2, 0.25) is 5.02 Å². The van der Waals surface area contributed by atoms with Crippen molar-refractivity contribution in [1.29, 1.82) is 0 Å². The van der Waals surface area contributed by atoms with Crippen molar-refractivity contribution in [2.24, 2.45) is 5.41 Å². The van der Waals surface area contributed by atoms with Crippen LogP contribution < -0.4 is 5.32 Å². The number of carbonyl (C=O) groups is 1. The molecule has 4 nitrogen and oxygen atoms in total. The van der Waals surface area contributed by atoms with Crippen LogP contribution in [0.15, 0.2) is 54.6 Å². The molecule has 2 aromatic carbocycles. The van der Waals surface area contributed by atoms with Crippen molar-refractivity contribution in [3.63, 3.8) is 0 Å². The maximum absolute atomic E-state index is 12.8. The van der Waals surface area contributed by atoms with Gasteiger partial charge in [0.15, 0.2) is 0 Å². The molecule has 0 unspecified atom stereocenters. The first-order chi connectivity index (χ1) is 12.5. The highest BCUT2D eigenvalue weighted by Gasteiger charge is 2.38. The van der Waals surface area contributed by atoms with Gasteiger partial charge in [-0.2, -0.15) is 0 Å². The number of hydrogen-bond acceptors (Lipinski definition) is 2. The van der Waals surface area contributed by atoms with Crippen molar-refractivity contribution in [2.45, 2.75) is 25.3 Å². The van der Waals surface area contributed by atoms with Crippen LogP contribution in [0.25, 0.3) is 0 Å². The lowest BCUT2D eigenvalue weighted by Crippen LogP contribution is -2.49. The van der Waals surface area contributed by atoms with Gasteiger partial charge in [-0.1, -0.05) is 60.5 Å². The number of nitrogens with one attached hydrogen (secondary N) is 1. The van der Waals surface area contributed by atoms with Gasteiger partial charge < -0.3 is 15.3 Å². The second-order valence-electron chi connectivity index (χ2n) is 7.21. The molecular formula is C21H25ClN2O2. The van der Waals surface area contributed by atoms with E-state index in [1.54, 1.807) is 11.9 Å². The maximum atomic E-state index is 12.8. The first-order valence-corrected chi connectivity index (χ1v) is 9.34. The standard InChI is InChI=1S/C21H25ClN2O2/c1-24(14-21(15-25)12-5-13-21)20(26)23-19(16-6-3-2-4-7-16)17-8-10-18(22)11-9-17/h2-4,6-11,19,25H,5,12-15H2,1H3,(H,23,26)/t19-/m0/s1. The predicted molar refractivity (Wildman–Crippen MR) is 104 cm³/mol. The lowest BCUT2D eigenvalue weighted by molar-refractivity contribution is 0.0228. The average Bonchev–Trinajstić information content (AvgIpc) is 2.64. The number of halogens is 1. The summed E-state index contributed by atoms with van der Waals surface area (Å²) >= 11 is 6.01. The topological polar surface area (TPSA) is 52.6 Å². The maximum Gasteiger partial charge on any atom is 0.317 e. The van der Waals surface area contributed by atoms with E-state index in [0.29, 0.717) is 11.6 Å². The minimum Gasteiger partial charge on any atom is -0.396 e. The first kappa shape index (κ1) is 18.7. The summed E-state index contributed by atoms with van der Waals surface area (Å²) in [5.41, 5.74) is 1.86. The van der Waals surface area contributed by atoms with E-state index in [0.717, 1.165) is 30.4 Å². The van der Waals surface area contributed by atoms with Crippen molar-refractivity contribution < 1.29 is 9.90 Å². The Morgan fingerprint density at radius 2 is 1.77 bits per heavy atom. The molecule has 1 fully saturated rings. The van der Waals surface area contributed by atoms with Crippen LogP contribution in [0.3, 0.4) is 0 Å². The molecule has 5 heteroatoms. The van der Waals surface area contributed by atoms with Crippen molar-refractivity contribution in [3.8, 4) is 0 Å². The normalized spacial score (nSPS) is 16.4. The van der Waals surface area contributed by atoms with Crippen LogP contribution in [0.1, 0.15) is 36.4 Å². The quantitative estimate of drug-likeness (QED) is 0.797.